The van der Waals surface area contributed by atoms with Crippen LogP contribution >= 0.6 is 22.7 Å². The molecule has 4 N–H and O–H groups in total. The molecule has 0 saturated carbocycles. The minimum absolute atomic E-state index is 0.154. The second kappa shape index (κ2) is 7.90. The van der Waals surface area contributed by atoms with Crippen molar-refractivity contribution >= 4 is 51.5 Å². The number of amides is 4. The number of rotatable bonds is 5. The number of nitrogens with two attached hydrogens (primary N) is 1. The van der Waals surface area contributed by atoms with Gasteiger partial charge in [-0.2, -0.15) is 0 Å². The van der Waals surface area contributed by atoms with Gasteiger partial charge < -0.3 is 15.8 Å². The summed E-state index contributed by atoms with van der Waals surface area (Å²) in [5, 5.41) is 8.32. The van der Waals surface area contributed by atoms with Crippen molar-refractivity contribution < 1.29 is 23.9 Å². The molecular weight excluding hydrogens is 366 g/mol. The number of imide groups is 1. The van der Waals surface area contributed by atoms with E-state index in [1.165, 1.54) is 36.5 Å². The lowest BCUT2D eigenvalue weighted by atomic mass is 10.1. The minimum Gasteiger partial charge on any atom is -0.449 e. The molecular formula is C15H15N3O5S2. The van der Waals surface area contributed by atoms with Gasteiger partial charge in [0.05, 0.1) is 0 Å². The quantitative estimate of drug-likeness (QED) is 0.684. The number of carbonyl (C=O) groups is 4. The highest BCUT2D eigenvalue weighted by molar-refractivity contribution is 7.17. The molecule has 2 rings (SSSR count). The zero-order valence-electron chi connectivity index (χ0n) is 13.3. The standard InChI is InChI=1S/C15H15N3O5S2/c1-7(12(20)18-15(16)22)23-14(21)11-9(10-4-3-5-24-10)6-25-13(11)17-8(2)19/h3-7H,1-2H3,(H,17,19)(H3,16,18,20,22)/t7-/m0/s1. The molecule has 2 heterocycles. The van der Waals surface area contributed by atoms with Gasteiger partial charge in [-0.1, -0.05) is 6.07 Å². The molecule has 0 unspecified atom stereocenters. The maximum Gasteiger partial charge on any atom is 0.342 e. The van der Waals surface area contributed by atoms with Crippen molar-refractivity contribution in [1.29, 1.82) is 0 Å². The Balaban J connectivity index is 2.30. The van der Waals surface area contributed by atoms with Crippen LogP contribution in [-0.4, -0.2) is 29.9 Å². The minimum atomic E-state index is -1.23. The van der Waals surface area contributed by atoms with E-state index < -0.39 is 24.0 Å². The van der Waals surface area contributed by atoms with Crippen molar-refractivity contribution in [3.8, 4) is 10.4 Å². The molecule has 0 bridgehead atoms. The van der Waals surface area contributed by atoms with Crippen LogP contribution in [0.1, 0.15) is 24.2 Å². The number of carbonyl (C=O) groups excluding carboxylic acids is 4. The van der Waals surface area contributed by atoms with Gasteiger partial charge >= 0.3 is 12.0 Å². The van der Waals surface area contributed by atoms with E-state index in [9.17, 15) is 19.2 Å². The summed E-state index contributed by atoms with van der Waals surface area (Å²) in [6.07, 6.45) is -1.23. The van der Waals surface area contributed by atoms with Crippen LogP contribution in [0.15, 0.2) is 22.9 Å². The maximum absolute atomic E-state index is 12.6. The molecule has 10 heteroatoms. The number of nitrogens with one attached hydrogen (secondary N) is 2. The van der Waals surface area contributed by atoms with E-state index in [2.05, 4.69) is 5.32 Å². The highest BCUT2D eigenvalue weighted by atomic mass is 32.1. The van der Waals surface area contributed by atoms with E-state index >= 15 is 0 Å². The van der Waals surface area contributed by atoms with Crippen molar-refractivity contribution in [2.24, 2.45) is 5.73 Å². The second-order valence-electron chi connectivity index (χ2n) is 4.91. The van der Waals surface area contributed by atoms with Crippen molar-refractivity contribution in [2.75, 3.05) is 5.32 Å². The van der Waals surface area contributed by atoms with Gasteiger partial charge in [-0.15, -0.1) is 22.7 Å². The molecule has 132 valence electrons. The second-order valence-corrected chi connectivity index (χ2v) is 6.74. The van der Waals surface area contributed by atoms with E-state index in [-0.39, 0.29) is 11.5 Å². The van der Waals surface area contributed by atoms with Gasteiger partial charge in [0.2, 0.25) is 5.91 Å². The molecule has 0 saturated heterocycles. The topological polar surface area (TPSA) is 128 Å². The monoisotopic (exact) mass is 381 g/mol. The highest BCUT2D eigenvalue weighted by Crippen LogP contribution is 2.38. The maximum atomic E-state index is 12.6. The Morgan fingerprint density at radius 3 is 2.52 bits per heavy atom. The van der Waals surface area contributed by atoms with Gasteiger partial charge in [0.15, 0.2) is 6.10 Å². The average Bonchev–Trinajstić information content (AvgIpc) is 3.14. The van der Waals surface area contributed by atoms with Gasteiger partial charge in [0.25, 0.3) is 5.91 Å². The van der Waals surface area contributed by atoms with E-state index in [0.717, 1.165) is 4.88 Å². The number of urea groups is 1. The lowest BCUT2D eigenvalue weighted by Gasteiger charge is -2.13. The molecule has 4 amide bonds. The van der Waals surface area contributed by atoms with Crippen molar-refractivity contribution in [3.05, 3.63) is 28.5 Å². The first-order chi connectivity index (χ1) is 11.8. The first-order valence-electron chi connectivity index (χ1n) is 7.03. The normalized spacial score (nSPS) is 11.4. The molecule has 0 aliphatic carbocycles. The molecule has 1 atom stereocenters. The number of anilines is 1. The third-order valence-electron chi connectivity index (χ3n) is 2.97. The van der Waals surface area contributed by atoms with Gasteiger partial charge in [-0.25, -0.2) is 9.59 Å². The predicted octanol–water partition coefficient (Wildman–Crippen LogP) is 2.18. The van der Waals surface area contributed by atoms with Crippen LogP contribution in [0.25, 0.3) is 10.4 Å². The molecule has 0 aliphatic rings. The van der Waals surface area contributed by atoms with Crippen molar-refractivity contribution in [1.82, 2.24) is 5.32 Å². The molecule has 0 fully saturated rings. The Morgan fingerprint density at radius 1 is 1.24 bits per heavy atom. The smallest absolute Gasteiger partial charge is 0.342 e. The molecule has 8 nitrogen and oxygen atoms in total. The molecule has 0 spiro atoms. The number of thiophene rings is 2. The summed E-state index contributed by atoms with van der Waals surface area (Å²) in [6, 6.07) is 2.61. The van der Waals surface area contributed by atoms with Crippen LogP contribution in [0, 0.1) is 0 Å². The lowest BCUT2D eigenvalue weighted by molar-refractivity contribution is -0.127. The first kappa shape index (κ1) is 18.6. The summed E-state index contributed by atoms with van der Waals surface area (Å²) in [6.45, 7) is 2.63. The van der Waals surface area contributed by atoms with Crippen LogP contribution in [0.3, 0.4) is 0 Å². The third-order valence-corrected chi connectivity index (χ3v) is 4.77. The van der Waals surface area contributed by atoms with Gasteiger partial charge in [0.1, 0.15) is 10.6 Å². The Bertz CT molecular complexity index is 813. The lowest BCUT2D eigenvalue weighted by Crippen LogP contribution is -2.42. The Morgan fingerprint density at radius 2 is 1.96 bits per heavy atom. The fourth-order valence-electron chi connectivity index (χ4n) is 1.92. The van der Waals surface area contributed by atoms with Crippen LogP contribution in [0.2, 0.25) is 0 Å². The fraction of sp³-hybridized carbons (Fsp3) is 0.200. The van der Waals surface area contributed by atoms with Gasteiger partial charge in [-0.05, 0) is 18.4 Å². The number of esters is 1. The number of hydrogen-bond acceptors (Lipinski definition) is 7. The summed E-state index contributed by atoms with van der Waals surface area (Å²) in [5.74, 6) is -1.97. The molecule has 0 radical (unpaired) electrons. The van der Waals surface area contributed by atoms with Crippen molar-refractivity contribution in [3.63, 3.8) is 0 Å². The Hall–Kier alpha value is -2.72. The molecule has 25 heavy (non-hydrogen) atoms. The van der Waals surface area contributed by atoms with Gasteiger partial charge in [-0.3, -0.25) is 14.9 Å². The Labute approximate surface area is 151 Å². The summed E-state index contributed by atoms with van der Waals surface area (Å²) >= 11 is 2.60. The Kier molecular flexibility index (Phi) is 5.88. The van der Waals surface area contributed by atoms with E-state index in [0.29, 0.717) is 10.6 Å². The average molecular weight is 381 g/mol. The molecule has 0 aromatic carbocycles. The summed E-state index contributed by atoms with van der Waals surface area (Å²) in [4.78, 5) is 47.1. The number of hydrogen-bond donors (Lipinski definition) is 3. The summed E-state index contributed by atoms with van der Waals surface area (Å²) in [7, 11) is 0. The van der Waals surface area contributed by atoms with Crippen LogP contribution in [0.5, 0.6) is 0 Å². The highest BCUT2D eigenvalue weighted by Gasteiger charge is 2.26. The first-order valence-corrected chi connectivity index (χ1v) is 8.79. The van der Waals surface area contributed by atoms with E-state index in [1.54, 1.807) is 5.38 Å². The number of ether oxygens (including phenoxy) is 1. The van der Waals surface area contributed by atoms with Crippen LogP contribution in [-0.2, 0) is 14.3 Å². The molecule has 0 aliphatic heterocycles. The molecule has 2 aromatic rings. The van der Waals surface area contributed by atoms with Gasteiger partial charge in [0, 0.05) is 22.7 Å². The summed E-state index contributed by atoms with van der Waals surface area (Å²) in [5.41, 5.74) is 5.62. The predicted molar refractivity (Wildman–Crippen MR) is 94.5 cm³/mol. The zero-order valence-corrected chi connectivity index (χ0v) is 15.0. The molecule has 2 aromatic heterocycles. The van der Waals surface area contributed by atoms with Crippen molar-refractivity contribution in [2.45, 2.75) is 20.0 Å². The largest absolute Gasteiger partial charge is 0.449 e. The van der Waals surface area contributed by atoms with E-state index in [4.69, 9.17) is 10.5 Å². The van der Waals surface area contributed by atoms with Crippen LogP contribution < -0.4 is 16.4 Å². The van der Waals surface area contributed by atoms with Crippen LogP contribution in [0.4, 0.5) is 9.80 Å². The SMILES string of the molecule is CC(=O)Nc1scc(-c2cccs2)c1C(=O)O[C@@H](C)C(=O)NC(N)=O. The van der Waals surface area contributed by atoms with E-state index in [1.807, 2.05) is 22.8 Å². The fourth-order valence-corrected chi connectivity index (χ4v) is 3.74. The number of primary amides is 1. The third kappa shape index (κ3) is 4.64. The zero-order chi connectivity index (χ0) is 18.6. The summed E-state index contributed by atoms with van der Waals surface area (Å²) < 4.78 is 5.12.